The number of carbonyl (C=O) groups is 1. The summed E-state index contributed by atoms with van der Waals surface area (Å²) < 4.78 is 16.3. The third kappa shape index (κ3) is 3.40. The van der Waals surface area contributed by atoms with Crippen molar-refractivity contribution in [1.82, 2.24) is 0 Å². The van der Waals surface area contributed by atoms with Gasteiger partial charge in [0.15, 0.2) is 5.79 Å². The van der Waals surface area contributed by atoms with Crippen LogP contribution >= 0.6 is 0 Å². The minimum Gasteiger partial charge on any atom is -0.493 e. The molecular weight excluding hydrogens is 262 g/mol. The van der Waals surface area contributed by atoms with Crippen molar-refractivity contribution in [3.8, 4) is 5.75 Å². The van der Waals surface area contributed by atoms with Crippen molar-refractivity contribution < 1.29 is 24.1 Å². The van der Waals surface area contributed by atoms with E-state index < -0.39 is 11.9 Å². The first-order valence-electron chi connectivity index (χ1n) is 6.40. The second-order valence-electron chi connectivity index (χ2n) is 4.86. The molecule has 6 nitrogen and oxygen atoms in total. The molecule has 0 aliphatic heterocycles. The number of nitrogens with one attached hydrogen (secondary N) is 1. The van der Waals surface area contributed by atoms with E-state index in [0.717, 1.165) is 12.8 Å². The molecule has 2 rings (SSSR count). The van der Waals surface area contributed by atoms with Crippen LogP contribution in [-0.2, 0) is 9.47 Å². The van der Waals surface area contributed by atoms with E-state index >= 15 is 0 Å². The van der Waals surface area contributed by atoms with Gasteiger partial charge in [0, 0.05) is 38.7 Å². The van der Waals surface area contributed by atoms with E-state index in [2.05, 4.69) is 5.32 Å². The Bertz CT molecular complexity index is 447. The molecule has 0 aromatic heterocycles. The molecule has 1 saturated carbocycles. The summed E-state index contributed by atoms with van der Waals surface area (Å²) in [6.07, 6.45) is 0.556. The number of methoxy groups -OCH3 is 2. The van der Waals surface area contributed by atoms with Gasteiger partial charge in [0.25, 0.3) is 0 Å². The highest BCUT2D eigenvalue weighted by Crippen LogP contribution is 2.41. The van der Waals surface area contributed by atoms with Gasteiger partial charge < -0.3 is 19.3 Å². The predicted octanol–water partition coefficient (Wildman–Crippen LogP) is 2.55. The van der Waals surface area contributed by atoms with E-state index in [1.165, 1.54) is 0 Å². The fourth-order valence-corrected chi connectivity index (χ4v) is 2.33. The minimum atomic E-state index is -1.08. The van der Waals surface area contributed by atoms with Gasteiger partial charge in [-0.05, 0) is 24.3 Å². The van der Waals surface area contributed by atoms with E-state index in [1.807, 2.05) is 0 Å². The molecule has 1 aliphatic rings. The molecule has 0 atom stereocenters. The topological polar surface area (TPSA) is 77.0 Å². The van der Waals surface area contributed by atoms with Crippen molar-refractivity contribution in [1.29, 1.82) is 0 Å². The van der Waals surface area contributed by atoms with Crippen LogP contribution in [0.3, 0.4) is 0 Å². The van der Waals surface area contributed by atoms with Crippen molar-refractivity contribution in [3.63, 3.8) is 0 Å². The van der Waals surface area contributed by atoms with Crippen molar-refractivity contribution in [3.05, 3.63) is 24.3 Å². The van der Waals surface area contributed by atoms with Crippen LogP contribution in [0.15, 0.2) is 24.3 Å². The molecule has 0 unspecified atom stereocenters. The monoisotopic (exact) mass is 281 g/mol. The molecule has 2 N–H and O–H groups in total. The van der Waals surface area contributed by atoms with E-state index in [0.29, 0.717) is 24.0 Å². The normalized spacial score (nSPS) is 17.3. The molecule has 0 radical (unpaired) electrons. The lowest BCUT2D eigenvalue weighted by atomic mass is 9.79. The zero-order chi connectivity index (χ0) is 14.6. The zero-order valence-electron chi connectivity index (χ0n) is 11.6. The maximum Gasteiger partial charge on any atom is 0.409 e. The lowest BCUT2D eigenvalue weighted by Gasteiger charge is -2.44. The third-order valence-corrected chi connectivity index (χ3v) is 3.53. The van der Waals surface area contributed by atoms with Gasteiger partial charge in [0.2, 0.25) is 0 Å². The van der Waals surface area contributed by atoms with Crippen LogP contribution in [0.2, 0.25) is 0 Å². The summed E-state index contributed by atoms with van der Waals surface area (Å²) in [4.78, 5) is 10.5. The molecule has 6 heteroatoms. The molecule has 0 spiro atoms. The summed E-state index contributed by atoms with van der Waals surface area (Å²) in [7, 11) is 3.30. The zero-order valence-corrected chi connectivity index (χ0v) is 11.6. The highest BCUT2D eigenvalue weighted by Gasteiger charge is 2.45. The molecule has 110 valence electrons. The standard InChI is InChI=1S/C14H19NO5/c1-18-14(19-2)7-10(8-14)9-20-12-5-3-11(4-6-12)15-13(16)17/h3-6,10,15H,7-9H2,1-2H3,(H,16,17). The van der Waals surface area contributed by atoms with Gasteiger partial charge in [-0.1, -0.05) is 0 Å². The first-order chi connectivity index (χ1) is 9.57. The van der Waals surface area contributed by atoms with Crippen LogP contribution in [0.25, 0.3) is 0 Å². The fraction of sp³-hybridized carbons (Fsp3) is 0.500. The molecule has 0 bridgehead atoms. The Labute approximate surface area is 117 Å². The number of hydrogen-bond acceptors (Lipinski definition) is 4. The van der Waals surface area contributed by atoms with E-state index in [-0.39, 0.29) is 0 Å². The SMILES string of the molecule is COC1(OC)CC(COc2ccc(NC(=O)O)cc2)C1. The Morgan fingerprint density at radius 3 is 2.40 bits per heavy atom. The molecular formula is C14H19NO5. The van der Waals surface area contributed by atoms with E-state index in [1.54, 1.807) is 38.5 Å². The predicted molar refractivity (Wildman–Crippen MR) is 73.1 cm³/mol. The average Bonchev–Trinajstić information content (AvgIpc) is 2.39. The highest BCUT2D eigenvalue weighted by atomic mass is 16.7. The van der Waals surface area contributed by atoms with Crippen LogP contribution < -0.4 is 10.1 Å². The average molecular weight is 281 g/mol. The largest absolute Gasteiger partial charge is 0.493 e. The van der Waals surface area contributed by atoms with Crippen molar-refractivity contribution in [2.24, 2.45) is 5.92 Å². The maximum atomic E-state index is 10.5. The second-order valence-corrected chi connectivity index (χ2v) is 4.86. The Balaban J connectivity index is 1.77. The van der Waals surface area contributed by atoms with E-state index in [9.17, 15) is 4.79 Å². The second kappa shape index (κ2) is 6.11. The summed E-state index contributed by atoms with van der Waals surface area (Å²) in [6, 6.07) is 6.81. The van der Waals surface area contributed by atoms with Gasteiger partial charge in [-0.15, -0.1) is 0 Å². The molecule has 1 aromatic rings. The number of amides is 1. The number of ether oxygens (including phenoxy) is 3. The molecule has 0 saturated heterocycles. The molecule has 1 aromatic carbocycles. The van der Waals surface area contributed by atoms with Crippen molar-refractivity contribution in [2.75, 3.05) is 26.1 Å². The van der Waals surface area contributed by atoms with Gasteiger partial charge in [0.05, 0.1) is 6.61 Å². The first kappa shape index (κ1) is 14.6. The number of rotatable bonds is 6. The summed E-state index contributed by atoms with van der Waals surface area (Å²) in [5.74, 6) is 0.684. The highest BCUT2D eigenvalue weighted by molar-refractivity contribution is 5.82. The van der Waals surface area contributed by atoms with Crippen molar-refractivity contribution in [2.45, 2.75) is 18.6 Å². The smallest absolute Gasteiger partial charge is 0.409 e. The lowest BCUT2D eigenvalue weighted by Crippen LogP contribution is -2.49. The Morgan fingerprint density at radius 2 is 1.90 bits per heavy atom. The number of carboxylic acid groups (broad SMARTS) is 1. The quantitative estimate of drug-likeness (QED) is 0.784. The summed E-state index contributed by atoms with van der Waals surface area (Å²) >= 11 is 0. The Morgan fingerprint density at radius 1 is 1.30 bits per heavy atom. The lowest BCUT2D eigenvalue weighted by molar-refractivity contribution is -0.272. The molecule has 20 heavy (non-hydrogen) atoms. The first-order valence-corrected chi connectivity index (χ1v) is 6.40. The summed E-state index contributed by atoms with van der Waals surface area (Å²) in [5.41, 5.74) is 0.520. The van der Waals surface area contributed by atoms with Gasteiger partial charge in [-0.2, -0.15) is 0 Å². The summed E-state index contributed by atoms with van der Waals surface area (Å²) in [6.45, 7) is 0.597. The van der Waals surface area contributed by atoms with Gasteiger partial charge in [0.1, 0.15) is 5.75 Å². The van der Waals surface area contributed by atoms with Crippen LogP contribution in [0.4, 0.5) is 10.5 Å². The Kier molecular flexibility index (Phi) is 4.46. The maximum absolute atomic E-state index is 10.5. The van der Waals surface area contributed by atoms with Crippen LogP contribution in [-0.4, -0.2) is 37.8 Å². The Hall–Kier alpha value is -1.79. The van der Waals surface area contributed by atoms with Crippen LogP contribution in [0, 0.1) is 5.92 Å². The number of hydrogen-bond donors (Lipinski definition) is 2. The van der Waals surface area contributed by atoms with Crippen molar-refractivity contribution >= 4 is 11.8 Å². The fourth-order valence-electron chi connectivity index (χ4n) is 2.33. The van der Waals surface area contributed by atoms with Gasteiger partial charge >= 0.3 is 6.09 Å². The number of benzene rings is 1. The minimum absolute atomic E-state index is 0.409. The molecule has 1 fully saturated rings. The number of anilines is 1. The van der Waals surface area contributed by atoms with Gasteiger partial charge in [-0.3, -0.25) is 5.32 Å². The molecule has 1 amide bonds. The molecule has 1 aliphatic carbocycles. The molecule has 0 heterocycles. The van der Waals surface area contributed by atoms with Crippen LogP contribution in [0.5, 0.6) is 5.75 Å². The summed E-state index contributed by atoms with van der Waals surface area (Å²) in [5, 5.41) is 10.9. The van der Waals surface area contributed by atoms with Crippen LogP contribution in [0.1, 0.15) is 12.8 Å². The third-order valence-electron chi connectivity index (χ3n) is 3.53. The van der Waals surface area contributed by atoms with Gasteiger partial charge in [-0.25, -0.2) is 4.79 Å². The van der Waals surface area contributed by atoms with E-state index in [4.69, 9.17) is 19.3 Å².